The van der Waals surface area contributed by atoms with E-state index in [0.29, 0.717) is 0 Å². The molecule has 6 aromatic carbocycles. The maximum atomic E-state index is 6.93. The van der Waals surface area contributed by atoms with E-state index in [1.165, 1.54) is 38.9 Å². The first-order valence-electron chi connectivity index (χ1n) is 15.8. The second-order valence-electron chi connectivity index (χ2n) is 12.3. The molecular formula is C44H27NO. The van der Waals surface area contributed by atoms with Crippen LogP contribution in [0.25, 0.3) is 66.9 Å². The number of para-hydroxylation sites is 1. The number of furan rings is 1. The van der Waals surface area contributed by atoms with Gasteiger partial charge in [0.25, 0.3) is 0 Å². The zero-order chi connectivity index (χ0) is 30.2. The quantitative estimate of drug-likeness (QED) is 0.206. The second kappa shape index (κ2) is 9.50. The molecule has 0 amide bonds. The molecule has 2 aliphatic rings. The molecule has 0 bridgehead atoms. The van der Waals surface area contributed by atoms with E-state index in [1.807, 2.05) is 12.1 Å². The summed E-state index contributed by atoms with van der Waals surface area (Å²) in [5.74, 6) is 1.02. The van der Waals surface area contributed by atoms with E-state index in [0.717, 1.165) is 50.4 Å². The van der Waals surface area contributed by atoms with Crippen LogP contribution >= 0.6 is 0 Å². The highest BCUT2D eigenvalue weighted by Crippen LogP contribution is 2.64. The Morgan fingerprint density at radius 3 is 1.61 bits per heavy atom. The van der Waals surface area contributed by atoms with Crippen LogP contribution in [0.1, 0.15) is 22.5 Å². The molecule has 0 radical (unpaired) electrons. The van der Waals surface area contributed by atoms with Gasteiger partial charge in [0, 0.05) is 22.1 Å². The molecule has 2 aliphatic carbocycles. The zero-order valence-corrected chi connectivity index (χ0v) is 24.9. The van der Waals surface area contributed by atoms with Crippen LogP contribution in [0, 0.1) is 0 Å². The molecule has 2 aromatic heterocycles. The van der Waals surface area contributed by atoms with Crippen molar-refractivity contribution in [3.05, 3.63) is 186 Å². The number of rotatable bonds is 3. The normalized spacial score (nSPS) is 13.4. The summed E-state index contributed by atoms with van der Waals surface area (Å²) in [5, 5.41) is 1.15. The van der Waals surface area contributed by atoms with Gasteiger partial charge in [-0.05, 0) is 68.8 Å². The van der Waals surface area contributed by atoms with Crippen LogP contribution in [0.5, 0.6) is 0 Å². The van der Waals surface area contributed by atoms with Crippen molar-refractivity contribution >= 4 is 11.0 Å². The maximum absolute atomic E-state index is 6.93. The maximum Gasteiger partial charge on any atom is 0.135 e. The lowest BCUT2D eigenvalue weighted by Crippen LogP contribution is -2.25. The van der Waals surface area contributed by atoms with E-state index >= 15 is 0 Å². The van der Waals surface area contributed by atoms with Crippen LogP contribution in [0.2, 0.25) is 0 Å². The van der Waals surface area contributed by atoms with Crippen LogP contribution in [0.4, 0.5) is 0 Å². The molecule has 8 aromatic rings. The molecule has 10 rings (SSSR count). The molecule has 0 unspecified atom stereocenters. The van der Waals surface area contributed by atoms with E-state index < -0.39 is 5.41 Å². The molecule has 0 saturated heterocycles. The van der Waals surface area contributed by atoms with Crippen LogP contribution in [-0.2, 0) is 5.41 Å². The third kappa shape index (κ3) is 3.39. The van der Waals surface area contributed by atoms with Crippen molar-refractivity contribution < 1.29 is 4.42 Å². The van der Waals surface area contributed by atoms with Crippen molar-refractivity contribution in [3.8, 4) is 55.9 Å². The third-order valence-corrected chi connectivity index (χ3v) is 9.88. The molecule has 0 N–H and O–H groups in total. The third-order valence-electron chi connectivity index (χ3n) is 9.88. The Morgan fingerprint density at radius 1 is 0.413 bits per heavy atom. The first-order chi connectivity index (χ1) is 22.8. The predicted octanol–water partition coefficient (Wildman–Crippen LogP) is 11.2. The Balaban J connectivity index is 1.26. The highest BCUT2D eigenvalue weighted by Gasteiger charge is 2.54. The number of pyridine rings is 1. The number of benzene rings is 6. The average Bonchev–Trinajstić information content (AvgIpc) is 3.76. The van der Waals surface area contributed by atoms with Gasteiger partial charge in [-0.3, -0.25) is 0 Å². The Labute approximate surface area is 267 Å². The minimum Gasteiger partial charge on any atom is -0.459 e. The summed E-state index contributed by atoms with van der Waals surface area (Å²) >= 11 is 0. The minimum absolute atomic E-state index is 0.516. The molecule has 2 heteroatoms. The van der Waals surface area contributed by atoms with Gasteiger partial charge in [0.15, 0.2) is 0 Å². The summed E-state index contributed by atoms with van der Waals surface area (Å²) in [4.78, 5) is 5.13. The van der Waals surface area contributed by atoms with Gasteiger partial charge in [0.05, 0.1) is 11.4 Å². The van der Waals surface area contributed by atoms with Gasteiger partial charge in [-0.2, -0.15) is 0 Å². The van der Waals surface area contributed by atoms with Crippen molar-refractivity contribution in [3.63, 3.8) is 0 Å². The fraction of sp³-hybridized carbons (Fsp3) is 0.0227. The molecule has 2 nitrogen and oxygen atoms in total. The predicted molar refractivity (Wildman–Crippen MR) is 187 cm³/mol. The average molecular weight is 586 g/mol. The Kier molecular flexibility index (Phi) is 5.24. The van der Waals surface area contributed by atoms with E-state index in [1.54, 1.807) is 0 Å². The SMILES string of the molecule is c1ccc(-c2cc(-c3ccc4c(c3)-c3c(oc5ccccc35)C43c4ccccc4-c4ccccc43)cc(-c3ccccc3)n2)cc1. The van der Waals surface area contributed by atoms with Gasteiger partial charge in [0.2, 0.25) is 0 Å². The Morgan fingerprint density at radius 2 is 0.957 bits per heavy atom. The molecule has 0 atom stereocenters. The molecule has 0 fully saturated rings. The van der Waals surface area contributed by atoms with Gasteiger partial charge in [-0.1, -0.05) is 140 Å². The Bertz CT molecular complexity index is 2370. The fourth-order valence-electron chi connectivity index (χ4n) is 7.94. The Hall–Kier alpha value is -5.99. The highest BCUT2D eigenvalue weighted by molar-refractivity contribution is 6.05. The summed E-state index contributed by atoms with van der Waals surface area (Å²) in [6, 6.07) is 58.6. The fourth-order valence-corrected chi connectivity index (χ4v) is 7.94. The number of aromatic nitrogens is 1. The summed E-state index contributed by atoms with van der Waals surface area (Å²) in [7, 11) is 0. The molecule has 2 heterocycles. The standard InChI is InChI=1S/C44H27NO/c1-3-13-28(14-4-1)39-26-31(27-40(45-39)29-15-5-2-6-16-29)30-23-24-38-35(25-30)42-34-19-9-12-22-41(34)46-43(42)44(38)36-20-10-7-17-32(36)33-18-8-11-21-37(33)44/h1-27H. The van der Waals surface area contributed by atoms with E-state index in [2.05, 4.69) is 152 Å². The van der Waals surface area contributed by atoms with Crippen molar-refractivity contribution in [1.29, 1.82) is 0 Å². The van der Waals surface area contributed by atoms with Crippen molar-refractivity contribution in [2.24, 2.45) is 0 Å². The molecule has 214 valence electrons. The molecule has 46 heavy (non-hydrogen) atoms. The van der Waals surface area contributed by atoms with Crippen molar-refractivity contribution in [2.75, 3.05) is 0 Å². The monoisotopic (exact) mass is 585 g/mol. The summed E-state index contributed by atoms with van der Waals surface area (Å²) in [6.07, 6.45) is 0. The lowest BCUT2D eigenvalue weighted by molar-refractivity contribution is 0.507. The van der Waals surface area contributed by atoms with Crippen LogP contribution in [0.15, 0.2) is 168 Å². The van der Waals surface area contributed by atoms with Gasteiger partial charge in [-0.15, -0.1) is 0 Å². The topological polar surface area (TPSA) is 26.0 Å². The smallest absolute Gasteiger partial charge is 0.135 e. The van der Waals surface area contributed by atoms with Crippen LogP contribution in [0.3, 0.4) is 0 Å². The molecule has 1 spiro atoms. The lowest BCUT2D eigenvalue weighted by Gasteiger charge is -2.28. The van der Waals surface area contributed by atoms with E-state index in [4.69, 9.17) is 9.40 Å². The van der Waals surface area contributed by atoms with Gasteiger partial charge in [0.1, 0.15) is 16.8 Å². The lowest BCUT2D eigenvalue weighted by atomic mass is 9.73. The van der Waals surface area contributed by atoms with Crippen molar-refractivity contribution in [2.45, 2.75) is 5.41 Å². The van der Waals surface area contributed by atoms with Crippen molar-refractivity contribution in [1.82, 2.24) is 4.98 Å². The number of fused-ring (bicyclic) bond motifs is 12. The largest absolute Gasteiger partial charge is 0.459 e. The minimum atomic E-state index is -0.516. The van der Waals surface area contributed by atoms with Gasteiger partial charge < -0.3 is 4.42 Å². The van der Waals surface area contributed by atoms with E-state index in [-0.39, 0.29) is 0 Å². The number of nitrogens with zero attached hydrogens (tertiary/aromatic N) is 1. The van der Waals surface area contributed by atoms with Gasteiger partial charge >= 0.3 is 0 Å². The molecule has 0 saturated carbocycles. The first kappa shape index (κ1) is 25.3. The zero-order valence-electron chi connectivity index (χ0n) is 24.9. The molecular weight excluding hydrogens is 558 g/mol. The summed E-state index contributed by atoms with van der Waals surface area (Å²) in [6.45, 7) is 0. The number of hydrogen-bond acceptors (Lipinski definition) is 2. The summed E-state index contributed by atoms with van der Waals surface area (Å²) in [5.41, 5.74) is 15.6. The van der Waals surface area contributed by atoms with E-state index in [9.17, 15) is 0 Å². The highest BCUT2D eigenvalue weighted by atomic mass is 16.3. The first-order valence-corrected chi connectivity index (χ1v) is 15.8. The second-order valence-corrected chi connectivity index (χ2v) is 12.3. The van der Waals surface area contributed by atoms with Crippen LogP contribution < -0.4 is 0 Å². The summed E-state index contributed by atoms with van der Waals surface area (Å²) < 4.78 is 6.93. The van der Waals surface area contributed by atoms with Gasteiger partial charge in [-0.25, -0.2) is 4.98 Å². The molecule has 0 aliphatic heterocycles. The van der Waals surface area contributed by atoms with Crippen LogP contribution in [-0.4, -0.2) is 4.98 Å². The number of hydrogen-bond donors (Lipinski definition) is 0.